The molecule has 1 aromatic carbocycles. The van der Waals surface area contributed by atoms with Gasteiger partial charge in [-0.05, 0) is 12.1 Å². The Balaban J connectivity index is 1.63. The number of fused-ring (bicyclic) bond motifs is 3. The standard InChI is InChI=1S/C18H23N5O4/c1-20-15-14(16(24)23(18(20)25)9-10-26-2)22-8-7-21(17(22)19-15)12-5-4-6-13(11-12)27-3/h4-6,11,14-15H,7-10H2,1-3H3. The van der Waals surface area contributed by atoms with Crippen LogP contribution in [-0.4, -0.2) is 92.3 Å². The normalized spacial score (nSPS) is 24.3. The number of amides is 3. The molecule has 2 unspecified atom stereocenters. The molecule has 0 bridgehead atoms. The van der Waals surface area contributed by atoms with Gasteiger partial charge >= 0.3 is 6.03 Å². The van der Waals surface area contributed by atoms with E-state index in [1.165, 1.54) is 9.80 Å². The maximum absolute atomic E-state index is 13.0. The Kier molecular flexibility index (Phi) is 4.39. The summed E-state index contributed by atoms with van der Waals surface area (Å²) in [5, 5.41) is 0. The average Bonchev–Trinajstić information content (AvgIpc) is 3.25. The van der Waals surface area contributed by atoms with Crippen LogP contribution in [0.15, 0.2) is 29.3 Å². The molecule has 9 nitrogen and oxygen atoms in total. The number of urea groups is 1. The molecule has 3 heterocycles. The van der Waals surface area contributed by atoms with E-state index >= 15 is 0 Å². The van der Waals surface area contributed by atoms with Crippen LogP contribution in [0.5, 0.6) is 5.75 Å². The van der Waals surface area contributed by atoms with Crippen molar-refractivity contribution >= 4 is 23.6 Å². The van der Waals surface area contributed by atoms with E-state index in [0.29, 0.717) is 13.2 Å². The van der Waals surface area contributed by atoms with Crippen molar-refractivity contribution in [3.8, 4) is 5.75 Å². The summed E-state index contributed by atoms with van der Waals surface area (Å²) in [6, 6.07) is 6.91. The Morgan fingerprint density at radius 2 is 2.04 bits per heavy atom. The molecule has 2 atom stereocenters. The quantitative estimate of drug-likeness (QED) is 0.745. The first-order valence-electron chi connectivity index (χ1n) is 8.90. The van der Waals surface area contributed by atoms with Crippen molar-refractivity contribution in [2.45, 2.75) is 12.2 Å². The first kappa shape index (κ1) is 17.6. The van der Waals surface area contributed by atoms with Gasteiger partial charge in [-0.15, -0.1) is 0 Å². The number of guanidine groups is 1. The molecule has 0 aliphatic carbocycles. The molecule has 0 saturated carbocycles. The van der Waals surface area contributed by atoms with Gasteiger partial charge in [0.1, 0.15) is 5.75 Å². The zero-order chi connectivity index (χ0) is 19.1. The zero-order valence-corrected chi connectivity index (χ0v) is 15.7. The largest absolute Gasteiger partial charge is 0.497 e. The Morgan fingerprint density at radius 3 is 2.78 bits per heavy atom. The van der Waals surface area contributed by atoms with E-state index in [1.807, 2.05) is 29.2 Å². The van der Waals surface area contributed by atoms with Gasteiger partial charge in [-0.1, -0.05) is 6.07 Å². The van der Waals surface area contributed by atoms with Gasteiger partial charge in [-0.25, -0.2) is 9.79 Å². The van der Waals surface area contributed by atoms with Crippen LogP contribution < -0.4 is 9.64 Å². The second-order valence-corrected chi connectivity index (χ2v) is 6.71. The Morgan fingerprint density at radius 1 is 1.22 bits per heavy atom. The van der Waals surface area contributed by atoms with E-state index in [1.54, 1.807) is 21.3 Å². The van der Waals surface area contributed by atoms with E-state index in [0.717, 1.165) is 23.9 Å². The summed E-state index contributed by atoms with van der Waals surface area (Å²) < 4.78 is 10.4. The Hall–Kier alpha value is -2.81. The van der Waals surface area contributed by atoms with Crippen LogP contribution in [0, 0.1) is 0 Å². The lowest BCUT2D eigenvalue weighted by Gasteiger charge is -2.40. The van der Waals surface area contributed by atoms with Crippen LogP contribution >= 0.6 is 0 Å². The highest BCUT2D eigenvalue weighted by Gasteiger charge is 2.54. The minimum Gasteiger partial charge on any atom is -0.497 e. The number of nitrogens with zero attached hydrogens (tertiary/aromatic N) is 5. The Labute approximate surface area is 157 Å². The molecule has 0 spiro atoms. The van der Waals surface area contributed by atoms with Crippen molar-refractivity contribution in [3.05, 3.63) is 24.3 Å². The number of anilines is 1. The third kappa shape index (κ3) is 2.69. The van der Waals surface area contributed by atoms with Crippen molar-refractivity contribution in [1.29, 1.82) is 0 Å². The van der Waals surface area contributed by atoms with Gasteiger partial charge in [0.15, 0.2) is 12.2 Å². The number of hydrogen-bond donors (Lipinski definition) is 0. The molecular weight excluding hydrogens is 350 g/mol. The van der Waals surface area contributed by atoms with Crippen molar-refractivity contribution in [2.24, 2.45) is 4.99 Å². The number of carbonyl (C=O) groups is 2. The minimum atomic E-state index is -0.507. The molecule has 3 aliphatic rings. The minimum absolute atomic E-state index is 0.216. The molecule has 0 radical (unpaired) electrons. The van der Waals surface area contributed by atoms with Gasteiger partial charge in [0.05, 0.1) is 20.3 Å². The molecule has 0 N–H and O–H groups in total. The first-order chi connectivity index (χ1) is 13.1. The van der Waals surface area contributed by atoms with Crippen molar-refractivity contribution in [2.75, 3.05) is 52.4 Å². The molecular formula is C18H23N5O4. The van der Waals surface area contributed by atoms with Gasteiger partial charge in [0, 0.05) is 39.0 Å². The van der Waals surface area contributed by atoms with Gasteiger partial charge in [-0.2, -0.15) is 0 Å². The highest BCUT2D eigenvalue weighted by molar-refractivity contribution is 6.08. The number of aliphatic imine (C=N–C) groups is 1. The lowest BCUT2D eigenvalue weighted by Crippen LogP contribution is -2.65. The summed E-state index contributed by atoms with van der Waals surface area (Å²) in [7, 11) is 4.87. The van der Waals surface area contributed by atoms with Crippen molar-refractivity contribution < 1.29 is 19.1 Å². The molecule has 0 aromatic heterocycles. The molecule has 9 heteroatoms. The second-order valence-electron chi connectivity index (χ2n) is 6.71. The summed E-state index contributed by atoms with van der Waals surface area (Å²) >= 11 is 0. The summed E-state index contributed by atoms with van der Waals surface area (Å²) in [4.78, 5) is 37.2. The fourth-order valence-corrected chi connectivity index (χ4v) is 3.85. The molecule has 144 valence electrons. The number of likely N-dealkylation sites (N-methyl/N-ethyl adjacent to an activating group) is 1. The molecule has 4 rings (SSSR count). The maximum atomic E-state index is 13.0. The molecule has 27 heavy (non-hydrogen) atoms. The SMILES string of the molecule is COCCN1C(=O)C2C(N=C3N(c4cccc(OC)c4)CCN32)N(C)C1=O. The second kappa shape index (κ2) is 6.73. The summed E-state index contributed by atoms with van der Waals surface area (Å²) in [5.41, 5.74) is 0.951. The van der Waals surface area contributed by atoms with E-state index in [2.05, 4.69) is 4.90 Å². The lowest BCUT2D eigenvalue weighted by atomic mass is 10.1. The van der Waals surface area contributed by atoms with Crippen LogP contribution in [0.4, 0.5) is 10.5 Å². The highest BCUT2D eigenvalue weighted by Crippen LogP contribution is 2.34. The number of benzene rings is 1. The van der Waals surface area contributed by atoms with E-state index in [9.17, 15) is 9.59 Å². The zero-order valence-electron chi connectivity index (χ0n) is 15.7. The molecule has 3 amide bonds. The average molecular weight is 373 g/mol. The van der Waals surface area contributed by atoms with Crippen LogP contribution in [0.25, 0.3) is 0 Å². The van der Waals surface area contributed by atoms with Crippen LogP contribution in [0.1, 0.15) is 0 Å². The first-order valence-corrected chi connectivity index (χ1v) is 8.90. The van der Waals surface area contributed by atoms with Gasteiger partial charge in [0.25, 0.3) is 5.91 Å². The van der Waals surface area contributed by atoms with Gasteiger partial charge in [0.2, 0.25) is 5.96 Å². The van der Waals surface area contributed by atoms with Crippen LogP contribution in [0.2, 0.25) is 0 Å². The van der Waals surface area contributed by atoms with Crippen LogP contribution in [0.3, 0.4) is 0 Å². The number of hydrogen-bond acceptors (Lipinski definition) is 7. The fraction of sp³-hybridized carbons (Fsp3) is 0.500. The third-order valence-electron chi connectivity index (χ3n) is 5.26. The van der Waals surface area contributed by atoms with Gasteiger partial charge in [-0.3, -0.25) is 9.69 Å². The Bertz CT molecular complexity index is 798. The summed E-state index contributed by atoms with van der Waals surface area (Å²) in [6.45, 7) is 1.94. The predicted molar refractivity (Wildman–Crippen MR) is 98.8 cm³/mol. The summed E-state index contributed by atoms with van der Waals surface area (Å²) in [6.07, 6.45) is -0.507. The van der Waals surface area contributed by atoms with Crippen molar-refractivity contribution in [1.82, 2.24) is 14.7 Å². The molecule has 2 fully saturated rings. The number of ether oxygens (including phenoxy) is 2. The smallest absolute Gasteiger partial charge is 0.328 e. The molecule has 2 saturated heterocycles. The monoisotopic (exact) mass is 373 g/mol. The predicted octanol–water partition coefficient (Wildman–Crippen LogP) is 0.422. The third-order valence-corrected chi connectivity index (χ3v) is 5.26. The summed E-state index contributed by atoms with van der Waals surface area (Å²) in [5.74, 6) is 1.27. The topological polar surface area (TPSA) is 77.9 Å². The number of imide groups is 1. The van der Waals surface area contributed by atoms with Crippen molar-refractivity contribution in [3.63, 3.8) is 0 Å². The number of carbonyl (C=O) groups excluding carboxylic acids is 2. The van der Waals surface area contributed by atoms with Crippen LogP contribution in [-0.2, 0) is 9.53 Å². The number of rotatable bonds is 5. The lowest BCUT2D eigenvalue weighted by molar-refractivity contribution is -0.137. The number of methoxy groups -OCH3 is 2. The fourth-order valence-electron chi connectivity index (χ4n) is 3.85. The van der Waals surface area contributed by atoms with E-state index in [4.69, 9.17) is 14.5 Å². The molecule has 3 aliphatic heterocycles. The van der Waals surface area contributed by atoms with E-state index < -0.39 is 12.2 Å². The maximum Gasteiger partial charge on any atom is 0.328 e. The van der Waals surface area contributed by atoms with Gasteiger partial charge < -0.3 is 24.2 Å². The molecule has 1 aromatic rings. The van der Waals surface area contributed by atoms with E-state index in [-0.39, 0.29) is 18.5 Å². The highest BCUT2D eigenvalue weighted by atomic mass is 16.5.